The summed E-state index contributed by atoms with van der Waals surface area (Å²) in [7, 11) is 0. The summed E-state index contributed by atoms with van der Waals surface area (Å²) in [6.45, 7) is 3.64. The van der Waals surface area contributed by atoms with Crippen molar-refractivity contribution in [2.24, 2.45) is 5.73 Å². The summed E-state index contributed by atoms with van der Waals surface area (Å²) in [5.74, 6) is -0.751. The first-order chi connectivity index (χ1) is 12.2. The Morgan fingerprint density at radius 1 is 0.800 bits per heavy atom. The number of carboxylic acid groups (broad SMARTS) is 1. The van der Waals surface area contributed by atoms with Crippen LogP contribution in [0.1, 0.15) is 110 Å². The van der Waals surface area contributed by atoms with E-state index in [9.17, 15) is 4.79 Å². The molecule has 0 aliphatic carbocycles. The van der Waals surface area contributed by atoms with Crippen LogP contribution < -0.4 is 11.1 Å². The lowest BCUT2D eigenvalue weighted by molar-refractivity contribution is -0.139. The molecule has 4 heteroatoms. The molecule has 0 heterocycles. The third kappa shape index (κ3) is 18.0. The molecule has 0 aromatic heterocycles. The van der Waals surface area contributed by atoms with Gasteiger partial charge in [-0.3, -0.25) is 4.79 Å². The van der Waals surface area contributed by atoms with Crippen molar-refractivity contribution in [1.29, 1.82) is 0 Å². The van der Waals surface area contributed by atoms with Crippen molar-refractivity contribution in [3.8, 4) is 0 Å². The molecule has 0 radical (unpaired) electrons. The molecule has 0 aromatic rings. The number of hydrogen-bond donors (Lipinski definition) is 3. The van der Waals surface area contributed by atoms with Crippen LogP contribution in [0.15, 0.2) is 0 Å². The van der Waals surface area contributed by atoms with Crippen molar-refractivity contribution >= 4 is 5.97 Å². The smallest absolute Gasteiger partial charge is 0.320 e. The highest BCUT2D eigenvalue weighted by Gasteiger charge is 2.14. The maximum Gasteiger partial charge on any atom is 0.320 e. The van der Waals surface area contributed by atoms with Gasteiger partial charge in [0, 0.05) is 0 Å². The number of carboxylic acids is 1. The fourth-order valence-corrected chi connectivity index (χ4v) is 3.23. The first kappa shape index (κ1) is 24.4. The average molecular weight is 357 g/mol. The van der Waals surface area contributed by atoms with Gasteiger partial charge in [-0.1, -0.05) is 90.4 Å². The monoisotopic (exact) mass is 356 g/mol. The predicted octanol–water partition coefficient (Wildman–Crippen LogP) is 5.25. The maximum absolute atomic E-state index is 11.1. The highest BCUT2D eigenvalue weighted by molar-refractivity contribution is 5.73. The van der Waals surface area contributed by atoms with Crippen molar-refractivity contribution < 1.29 is 9.90 Å². The number of nitrogens with two attached hydrogens (primary N) is 1. The van der Waals surface area contributed by atoms with E-state index in [1.165, 1.54) is 83.5 Å². The van der Waals surface area contributed by atoms with Gasteiger partial charge in [0.1, 0.15) is 6.04 Å². The van der Waals surface area contributed by atoms with Crippen LogP contribution in [0, 0.1) is 0 Å². The third-order valence-electron chi connectivity index (χ3n) is 4.92. The van der Waals surface area contributed by atoms with Crippen LogP contribution in [0.2, 0.25) is 0 Å². The minimum Gasteiger partial charge on any atom is -0.480 e. The van der Waals surface area contributed by atoms with Crippen LogP contribution in [-0.2, 0) is 4.79 Å². The van der Waals surface area contributed by atoms with Crippen LogP contribution in [0.3, 0.4) is 0 Å². The molecule has 4 N–H and O–H groups in total. The summed E-state index contributed by atoms with van der Waals surface area (Å²) in [4.78, 5) is 11.1. The zero-order chi connectivity index (χ0) is 18.6. The molecule has 0 rings (SSSR count). The van der Waals surface area contributed by atoms with Gasteiger partial charge in [0.05, 0.1) is 0 Å². The molecule has 0 saturated heterocycles. The van der Waals surface area contributed by atoms with Gasteiger partial charge in [0.25, 0.3) is 0 Å². The highest BCUT2D eigenvalue weighted by Crippen LogP contribution is 2.12. The summed E-state index contributed by atoms with van der Waals surface area (Å²) in [5.41, 5.74) is 5.44. The number of hydrogen-bond acceptors (Lipinski definition) is 3. The van der Waals surface area contributed by atoms with E-state index < -0.39 is 12.0 Å². The summed E-state index contributed by atoms with van der Waals surface area (Å²) in [5, 5.41) is 12.3. The molecular formula is C21H44N2O2. The lowest BCUT2D eigenvalue weighted by atomic mass is 10.0. The molecule has 1 atom stereocenters. The van der Waals surface area contributed by atoms with Crippen molar-refractivity contribution in [3.05, 3.63) is 0 Å². The Hall–Kier alpha value is -0.610. The quantitative estimate of drug-likeness (QED) is 0.260. The molecule has 25 heavy (non-hydrogen) atoms. The largest absolute Gasteiger partial charge is 0.480 e. The first-order valence-corrected chi connectivity index (χ1v) is 10.9. The zero-order valence-electron chi connectivity index (χ0n) is 16.7. The molecule has 0 bridgehead atoms. The summed E-state index contributed by atoms with van der Waals surface area (Å²) in [6.07, 6.45) is 20.3. The average Bonchev–Trinajstić information content (AvgIpc) is 2.60. The fraction of sp³-hybridized carbons (Fsp3) is 0.952. The van der Waals surface area contributed by atoms with E-state index in [0.29, 0.717) is 13.0 Å². The van der Waals surface area contributed by atoms with E-state index in [0.717, 1.165) is 19.4 Å². The maximum atomic E-state index is 11.1. The van der Waals surface area contributed by atoms with E-state index in [4.69, 9.17) is 10.8 Å². The molecule has 0 spiro atoms. The third-order valence-corrected chi connectivity index (χ3v) is 4.92. The van der Waals surface area contributed by atoms with Gasteiger partial charge >= 0.3 is 5.97 Å². The lowest BCUT2D eigenvalue weighted by Gasteiger charge is -2.13. The van der Waals surface area contributed by atoms with Gasteiger partial charge in [-0.05, 0) is 32.4 Å². The van der Waals surface area contributed by atoms with Gasteiger partial charge in [-0.2, -0.15) is 0 Å². The molecule has 0 aromatic carbocycles. The number of nitrogens with one attached hydrogen (secondary N) is 1. The number of unbranched alkanes of at least 4 members (excludes halogenated alkanes) is 13. The Morgan fingerprint density at radius 2 is 1.24 bits per heavy atom. The minimum absolute atomic E-state index is 0.425. The number of carbonyl (C=O) groups is 1. The van der Waals surface area contributed by atoms with E-state index in [2.05, 4.69) is 12.2 Å². The molecule has 0 aliphatic rings. The van der Waals surface area contributed by atoms with Gasteiger partial charge in [0.15, 0.2) is 0 Å². The molecule has 1 unspecified atom stereocenters. The molecule has 0 aliphatic heterocycles. The van der Waals surface area contributed by atoms with Crippen LogP contribution in [-0.4, -0.2) is 30.2 Å². The summed E-state index contributed by atoms with van der Waals surface area (Å²) < 4.78 is 0. The van der Waals surface area contributed by atoms with Crippen molar-refractivity contribution in [3.63, 3.8) is 0 Å². The fourth-order valence-electron chi connectivity index (χ4n) is 3.23. The van der Waals surface area contributed by atoms with Crippen LogP contribution in [0.25, 0.3) is 0 Å². The van der Waals surface area contributed by atoms with Gasteiger partial charge in [-0.15, -0.1) is 0 Å². The van der Waals surface area contributed by atoms with Gasteiger partial charge in [-0.25, -0.2) is 0 Å². The van der Waals surface area contributed by atoms with Crippen molar-refractivity contribution in [2.75, 3.05) is 13.1 Å². The Morgan fingerprint density at radius 3 is 1.64 bits per heavy atom. The highest BCUT2D eigenvalue weighted by atomic mass is 16.4. The Labute approximate surface area is 156 Å². The zero-order valence-corrected chi connectivity index (χ0v) is 16.7. The summed E-state index contributed by atoms with van der Waals surface area (Å²) in [6, 6.07) is -0.425. The second kappa shape index (κ2) is 19.7. The normalized spacial score (nSPS) is 12.4. The minimum atomic E-state index is -0.751. The molecular weight excluding hydrogens is 312 g/mol. The molecule has 0 amide bonds. The Balaban J connectivity index is 3.24. The second-order valence-corrected chi connectivity index (χ2v) is 7.37. The number of rotatable bonds is 20. The molecule has 150 valence electrons. The first-order valence-electron chi connectivity index (χ1n) is 10.9. The van der Waals surface area contributed by atoms with Crippen LogP contribution >= 0.6 is 0 Å². The Bertz CT molecular complexity index is 285. The summed E-state index contributed by atoms with van der Waals surface area (Å²) >= 11 is 0. The van der Waals surface area contributed by atoms with E-state index in [-0.39, 0.29) is 0 Å². The SMILES string of the molecule is CCCCCCCCCCCCCCCCNC(CCCN)C(=O)O. The molecule has 0 saturated carbocycles. The van der Waals surface area contributed by atoms with E-state index in [1.54, 1.807) is 0 Å². The standard InChI is InChI=1S/C21H44N2O2/c1-2-3-4-5-6-7-8-9-10-11-12-13-14-15-19-23-20(21(24)25)17-16-18-22/h20,23H,2-19,22H2,1H3,(H,24,25). The van der Waals surface area contributed by atoms with Crippen molar-refractivity contribution in [2.45, 2.75) is 116 Å². The van der Waals surface area contributed by atoms with E-state index in [1.807, 2.05) is 0 Å². The van der Waals surface area contributed by atoms with E-state index >= 15 is 0 Å². The van der Waals surface area contributed by atoms with Crippen molar-refractivity contribution in [1.82, 2.24) is 5.32 Å². The predicted molar refractivity (Wildman–Crippen MR) is 108 cm³/mol. The van der Waals surface area contributed by atoms with Crippen LogP contribution in [0.4, 0.5) is 0 Å². The Kier molecular flexibility index (Phi) is 19.2. The molecule has 4 nitrogen and oxygen atoms in total. The van der Waals surface area contributed by atoms with Gasteiger partial charge < -0.3 is 16.2 Å². The topological polar surface area (TPSA) is 75.3 Å². The number of aliphatic carboxylic acids is 1. The molecule has 0 fully saturated rings. The van der Waals surface area contributed by atoms with Gasteiger partial charge in [0.2, 0.25) is 0 Å². The van der Waals surface area contributed by atoms with Crippen LogP contribution in [0.5, 0.6) is 0 Å². The lowest BCUT2D eigenvalue weighted by Crippen LogP contribution is -2.37. The second-order valence-electron chi connectivity index (χ2n) is 7.37.